The number of halogens is 2. The monoisotopic (exact) mass is 306 g/mol. The van der Waals surface area contributed by atoms with Crippen molar-refractivity contribution in [3.8, 4) is 0 Å². The highest BCUT2D eigenvalue weighted by molar-refractivity contribution is 7.89. The Morgan fingerprint density at radius 3 is 2.58 bits per heavy atom. The summed E-state index contributed by atoms with van der Waals surface area (Å²) in [6.07, 6.45) is 1.42. The fraction of sp³-hybridized carbons (Fsp3) is 0.500. The minimum Gasteiger partial charge on any atom is -0.317 e. The van der Waals surface area contributed by atoms with Gasteiger partial charge in [-0.3, -0.25) is 0 Å². The molecule has 0 unspecified atom stereocenters. The standard InChI is InChI=1S/C12H16ClFN2O2S/c1-16(9-5-7-15-8-6-9)19(17,18)12-10(13)3-2-4-11(12)14/h2-4,9,15H,5-8H2,1H3. The van der Waals surface area contributed by atoms with Crippen LogP contribution in [0.1, 0.15) is 12.8 Å². The molecule has 7 heteroatoms. The second kappa shape index (κ2) is 5.75. The zero-order valence-electron chi connectivity index (χ0n) is 10.6. The molecular formula is C12H16ClFN2O2S. The number of nitrogens with zero attached hydrogens (tertiary/aromatic N) is 1. The van der Waals surface area contributed by atoms with E-state index in [0.29, 0.717) is 12.8 Å². The average molecular weight is 307 g/mol. The maximum Gasteiger partial charge on any atom is 0.247 e. The van der Waals surface area contributed by atoms with Crippen LogP contribution in [0.3, 0.4) is 0 Å². The number of piperidine rings is 1. The molecule has 0 aromatic heterocycles. The van der Waals surface area contributed by atoms with E-state index >= 15 is 0 Å². The van der Waals surface area contributed by atoms with Crippen molar-refractivity contribution in [1.82, 2.24) is 9.62 Å². The van der Waals surface area contributed by atoms with Gasteiger partial charge < -0.3 is 5.32 Å². The van der Waals surface area contributed by atoms with Crippen LogP contribution in [0.4, 0.5) is 4.39 Å². The number of hydrogen-bond acceptors (Lipinski definition) is 3. The SMILES string of the molecule is CN(C1CCNCC1)S(=O)(=O)c1c(F)cccc1Cl. The predicted molar refractivity (Wildman–Crippen MR) is 72.3 cm³/mol. The maximum absolute atomic E-state index is 13.8. The molecule has 1 saturated heterocycles. The third-order valence-corrected chi connectivity index (χ3v) is 5.79. The molecule has 0 amide bonds. The van der Waals surface area contributed by atoms with Gasteiger partial charge in [0.05, 0.1) is 5.02 Å². The van der Waals surface area contributed by atoms with Crippen molar-refractivity contribution >= 4 is 21.6 Å². The molecule has 1 aromatic carbocycles. The molecule has 0 atom stereocenters. The highest BCUT2D eigenvalue weighted by atomic mass is 35.5. The summed E-state index contributed by atoms with van der Waals surface area (Å²) in [5, 5.41) is 3.08. The second-order valence-electron chi connectivity index (χ2n) is 4.55. The lowest BCUT2D eigenvalue weighted by atomic mass is 10.1. The molecule has 0 aliphatic carbocycles. The Morgan fingerprint density at radius 2 is 2.00 bits per heavy atom. The van der Waals surface area contributed by atoms with Gasteiger partial charge in [-0.15, -0.1) is 0 Å². The Morgan fingerprint density at radius 1 is 1.37 bits per heavy atom. The molecule has 1 aliphatic rings. The van der Waals surface area contributed by atoms with Gasteiger partial charge >= 0.3 is 0 Å². The Bertz CT molecular complexity index is 539. The molecule has 1 fully saturated rings. The third-order valence-electron chi connectivity index (χ3n) is 3.38. The zero-order chi connectivity index (χ0) is 14.0. The van der Waals surface area contributed by atoms with E-state index in [1.807, 2.05) is 0 Å². The molecule has 0 saturated carbocycles. The van der Waals surface area contributed by atoms with Crippen LogP contribution in [0.5, 0.6) is 0 Å². The highest BCUT2D eigenvalue weighted by Gasteiger charge is 2.32. The Balaban J connectivity index is 2.36. The maximum atomic E-state index is 13.8. The van der Waals surface area contributed by atoms with E-state index in [-0.39, 0.29) is 11.1 Å². The quantitative estimate of drug-likeness (QED) is 0.927. The van der Waals surface area contributed by atoms with E-state index in [1.165, 1.54) is 23.5 Å². The van der Waals surface area contributed by atoms with Crippen molar-refractivity contribution in [3.63, 3.8) is 0 Å². The normalized spacial score (nSPS) is 17.9. The summed E-state index contributed by atoms with van der Waals surface area (Å²) < 4.78 is 39.9. The molecule has 19 heavy (non-hydrogen) atoms. The Labute approximate surface area is 117 Å². The predicted octanol–water partition coefficient (Wildman–Crippen LogP) is 1.85. The molecule has 1 aromatic rings. The lowest BCUT2D eigenvalue weighted by molar-refractivity contribution is 0.295. The molecule has 0 bridgehead atoms. The first-order valence-electron chi connectivity index (χ1n) is 6.07. The Kier molecular flexibility index (Phi) is 4.45. The summed E-state index contributed by atoms with van der Waals surface area (Å²) in [5.41, 5.74) is 0. The van der Waals surface area contributed by atoms with E-state index in [0.717, 1.165) is 19.2 Å². The van der Waals surface area contributed by atoms with Crippen molar-refractivity contribution in [3.05, 3.63) is 29.0 Å². The Hall–Kier alpha value is -0.690. The number of sulfonamides is 1. The van der Waals surface area contributed by atoms with Crippen LogP contribution < -0.4 is 5.32 Å². The first kappa shape index (κ1) is 14.7. The van der Waals surface area contributed by atoms with Gasteiger partial charge in [-0.2, -0.15) is 4.31 Å². The van der Waals surface area contributed by atoms with Crippen LogP contribution in [0, 0.1) is 5.82 Å². The van der Waals surface area contributed by atoms with Crippen molar-refractivity contribution in [2.75, 3.05) is 20.1 Å². The minimum atomic E-state index is -3.90. The van der Waals surface area contributed by atoms with Crippen LogP contribution in [-0.4, -0.2) is 38.9 Å². The number of benzene rings is 1. The first-order valence-corrected chi connectivity index (χ1v) is 7.89. The summed E-state index contributed by atoms with van der Waals surface area (Å²) in [6, 6.07) is 3.76. The van der Waals surface area contributed by atoms with Gasteiger partial charge in [0.15, 0.2) is 0 Å². The van der Waals surface area contributed by atoms with Crippen molar-refractivity contribution in [2.24, 2.45) is 0 Å². The van der Waals surface area contributed by atoms with Gasteiger partial charge in [0.1, 0.15) is 10.7 Å². The van der Waals surface area contributed by atoms with Gasteiger partial charge in [0, 0.05) is 13.1 Å². The van der Waals surface area contributed by atoms with Crippen molar-refractivity contribution in [2.45, 2.75) is 23.8 Å². The topological polar surface area (TPSA) is 49.4 Å². The summed E-state index contributed by atoms with van der Waals surface area (Å²) >= 11 is 5.84. The molecule has 1 aliphatic heterocycles. The van der Waals surface area contributed by atoms with Crippen LogP contribution in [0.15, 0.2) is 23.1 Å². The highest BCUT2D eigenvalue weighted by Crippen LogP contribution is 2.28. The van der Waals surface area contributed by atoms with Gasteiger partial charge in [-0.1, -0.05) is 17.7 Å². The van der Waals surface area contributed by atoms with E-state index < -0.39 is 20.7 Å². The van der Waals surface area contributed by atoms with Crippen molar-refractivity contribution < 1.29 is 12.8 Å². The number of hydrogen-bond donors (Lipinski definition) is 1. The van der Waals surface area contributed by atoms with E-state index in [9.17, 15) is 12.8 Å². The van der Waals surface area contributed by atoms with E-state index in [4.69, 9.17) is 11.6 Å². The molecule has 1 N–H and O–H groups in total. The summed E-state index contributed by atoms with van der Waals surface area (Å²) in [4.78, 5) is -0.433. The van der Waals surface area contributed by atoms with Gasteiger partial charge in [0.25, 0.3) is 0 Å². The lowest BCUT2D eigenvalue weighted by Crippen LogP contribution is -2.44. The van der Waals surface area contributed by atoms with Crippen LogP contribution in [-0.2, 0) is 10.0 Å². The zero-order valence-corrected chi connectivity index (χ0v) is 12.1. The molecule has 106 valence electrons. The lowest BCUT2D eigenvalue weighted by Gasteiger charge is -2.31. The largest absolute Gasteiger partial charge is 0.317 e. The fourth-order valence-electron chi connectivity index (χ4n) is 2.24. The summed E-state index contributed by atoms with van der Waals surface area (Å²) in [6.45, 7) is 1.52. The number of nitrogens with one attached hydrogen (secondary N) is 1. The van der Waals surface area contributed by atoms with Gasteiger partial charge in [0.2, 0.25) is 10.0 Å². The van der Waals surface area contributed by atoms with E-state index in [2.05, 4.69) is 5.32 Å². The smallest absolute Gasteiger partial charge is 0.247 e. The van der Waals surface area contributed by atoms with Crippen molar-refractivity contribution in [1.29, 1.82) is 0 Å². The van der Waals surface area contributed by atoms with E-state index in [1.54, 1.807) is 0 Å². The molecule has 4 nitrogen and oxygen atoms in total. The molecule has 0 radical (unpaired) electrons. The van der Waals surface area contributed by atoms with Crippen LogP contribution >= 0.6 is 11.6 Å². The first-order chi connectivity index (χ1) is 8.94. The number of rotatable bonds is 3. The van der Waals surface area contributed by atoms with Crippen LogP contribution in [0.2, 0.25) is 5.02 Å². The van der Waals surface area contributed by atoms with Gasteiger partial charge in [-0.05, 0) is 38.1 Å². The second-order valence-corrected chi connectivity index (χ2v) is 6.89. The molecule has 2 rings (SSSR count). The van der Waals surface area contributed by atoms with Crippen LogP contribution in [0.25, 0.3) is 0 Å². The molecular weight excluding hydrogens is 291 g/mol. The molecule has 1 heterocycles. The summed E-state index contributed by atoms with van der Waals surface area (Å²) in [7, 11) is -2.42. The fourth-order valence-corrected chi connectivity index (χ4v) is 4.22. The average Bonchev–Trinajstić information content (AvgIpc) is 2.38. The summed E-state index contributed by atoms with van der Waals surface area (Å²) in [5.74, 6) is -0.812. The van der Waals surface area contributed by atoms with Gasteiger partial charge in [-0.25, -0.2) is 12.8 Å². The third kappa shape index (κ3) is 2.91. The molecule has 0 spiro atoms. The minimum absolute atomic E-state index is 0.0826.